The van der Waals surface area contributed by atoms with Gasteiger partial charge in [-0.05, 0) is 96.8 Å². The summed E-state index contributed by atoms with van der Waals surface area (Å²) < 4.78 is 24.1. The number of benzene rings is 1. The molecule has 10 nitrogen and oxygen atoms in total. The van der Waals surface area contributed by atoms with Crippen LogP contribution in [0, 0.1) is 11.3 Å². The van der Waals surface area contributed by atoms with Gasteiger partial charge in [0, 0.05) is 22.9 Å². The molecule has 2 aromatic rings. The maximum Gasteiger partial charge on any atom is 0.407 e. The van der Waals surface area contributed by atoms with Gasteiger partial charge in [0.15, 0.2) is 0 Å². The molecule has 2 aliphatic carbocycles. The SMILES string of the molecule is C=CCC(C)(C)COC(=O)N[C@H](C(=O)N1C[C@H](Oc2nc3c(c4cc(OC)c(Br)cc24)CCCC3)C[C@H]1C(=O)OCC)C1CCCCC1. The maximum atomic E-state index is 14.5. The fourth-order valence-corrected chi connectivity index (χ4v) is 7.87. The Morgan fingerprint density at radius 1 is 1.10 bits per heavy atom. The van der Waals surface area contributed by atoms with Gasteiger partial charge in [-0.3, -0.25) is 4.79 Å². The third-order valence-electron chi connectivity index (χ3n) is 9.86. The van der Waals surface area contributed by atoms with E-state index < -0.39 is 30.3 Å². The largest absolute Gasteiger partial charge is 0.496 e. The van der Waals surface area contributed by atoms with Crippen molar-refractivity contribution in [3.8, 4) is 11.6 Å². The van der Waals surface area contributed by atoms with E-state index in [2.05, 4.69) is 27.8 Å². The Balaban J connectivity index is 1.42. The summed E-state index contributed by atoms with van der Waals surface area (Å²) in [6, 6.07) is 2.31. The molecule has 5 rings (SSSR count). The van der Waals surface area contributed by atoms with E-state index in [0.717, 1.165) is 84.5 Å². The van der Waals surface area contributed by atoms with Gasteiger partial charge in [-0.1, -0.05) is 39.2 Å². The molecule has 1 aromatic heterocycles. The number of amides is 2. The minimum absolute atomic E-state index is 0.0682. The number of nitrogens with zero attached hydrogens (tertiary/aromatic N) is 2. The normalized spacial score (nSPS) is 20.5. The van der Waals surface area contributed by atoms with Crippen molar-refractivity contribution < 1.29 is 33.3 Å². The Morgan fingerprint density at radius 2 is 1.85 bits per heavy atom. The van der Waals surface area contributed by atoms with Crippen molar-refractivity contribution in [3.63, 3.8) is 0 Å². The fourth-order valence-electron chi connectivity index (χ4n) is 7.36. The minimum Gasteiger partial charge on any atom is -0.496 e. The summed E-state index contributed by atoms with van der Waals surface area (Å²) in [5.41, 5.74) is 1.94. The molecule has 11 heteroatoms. The Kier molecular flexibility index (Phi) is 11.9. The zero-order chi connectivity index (χ0) is 34.4. The maximum absolute atomic E-state index is 14.5. The number of fused-ring (bicyclic) bond motifs is 3. The standard InChI is InChI=1S/C37H50BrN3O7/c1-6-17-37(3,4)22-47-36(44)40-32(23-13-9-8-10-14-23)34(42)41-21-24(18-30(41)35(43)46-7-2)48-33-27-19-28(38)31(45-5)20-26(27)25-15-11-12-16-29(25)39-33/h6,19-20,23-24,30,32H,1,7-18,21-22H2,2-5H3,(H,40,44)/t24-,30+,32+/m1/s1. The van der Waals surface area contributed by atoms with Gasteiger partial charge in [0.1, 0.15) is 23.9 Å². The van der Waals surface area contributed by atoms with Crippen LogP contribution in [0.5, 0.6) is 11.6 Å². The average molecular weight is 729 g/mol. The number of halogens is 1. The first-order valence-electron chi connectivity index (χ1n) is 17.4. The number of aryl methyl sites for hydroxylation is 2. The second kappa shape index (κ2) is 15.9. The van der Waals surface area contributed by atoms with E-state index >= 15 is 0 Å². The average Bonchev–Trinajstić information content (AvgIpc) is 3.50. The van der Waals surface area contributed by atoms with Crippen molar-refractivity contribution in [3.05, 3.63) is 40.5 Å². The lowest BCUT2D eigenvalue weighted by Crippen LogP contribution is -2.55. The van der Waals surface area contributed by atoms with Crippen molar-refractivity contribution in [2.45, 2.75) is 110 Å². The lowest BCUT2D eigenvalue weighted by molar-refractivity contribution is -0.154. The van der Waals surface area contributed by atoms with E-state index in [4.69, 9.17) is 23.9 Å². The highest BCUT2D eigenvalue weighted by Crippen LogP contribution is 2.40. The topological polar surface area (TPSA) is 116 Å². The summed E-state index contributed by atoms with van der Waals surface area (Å²) in [7, 11) is 1.65. The third kappa shape index (κ3) is 8.26. The number of rotatable bonds is 12. The number of pyridine rings is 1. The summed E-state index contributed by atoms with van der Waals surface area (Å²) in [5.74, 6) is 0.342. The van der Waals surface area contributed by atoms with Gasteiger partial charge in [-0.25, -0.2) is 14.6 Å². The van der Waals surface area contributed by atoms with Crippen molar-refractivity contribution in [1.29, 1.82) is 0 Å². The molecule has 1 N–H and O–H groups in total. The molecule has 0 spiro atoms. The monoisotopic (exact) mass is 727 g/mol. The van der Waals surface area contributed by atoms with E-state index in [1.807, 2.05) is 26.0 Å². The molecule has 1 saturated heterocycles. The number of hydrogen-bond acceptors (Lipinski definition) is 8. The Bertz CT molecular complexity index is 1510. The van der Waals surface area contributed by atoms with Gasteiger partial charge in [0.2, 0.25) is 11.8 Å². The van der Waals surface area contributed by atoms with Crippen LogP contribution in [0.4, 0.5) is 4.79 Å². The molecule has 0 radical (unpaired) electrons. The first-order chi connectivity index (χ1) is 23.0. The molecule has 262 valence electrons. The van der Waals surface area contributed by atoms with Crippen LogP contribution in [-0.2, 0) is 31.9 Å². The highest BCUT2D eigenvalue weighted by atomic mass is 79.9. The van der Waals surface area contributed by atoms with Gasteiger partial charge >= 0.3 is 12.1 Å². The number of esters is 1. The summed E-state index contributed by atoms with van der Waals surface area (Å²) in [4.78, 5) is 47.5. The van der Waals surface area contributed by atoms with E-state index in [1.54, 1.807) is 25.0 Å². The number of hydrogen-bond donors (Lipinski definition) is 1. The van der Waals surface area contributed by atoms with Crippen molar-refractivity contribution in [2.75, 3.05) is 26.9 Å². The predicted molar refractivity (Wildman–Crippen MR) is 187 cm³/mol. The molecule has 2 heterocycles. The first-order valence-corrected chi connectivity index (χ1v) is 18.2. The predicted octanol–water partition coefficient (Wildman–Crippen LogP) is 7.07. The third-order valence-corrected chi connectivity index (χ3v) is 10.5. The minimum atomic E-state index is -0.853. The van der Waals surface area contributed by atoms with Crippen LogP contribution in [0.25, 0.3) is 10.8 Å². The van der Waals surface area contributed by atoms with Crippen molar-refractivity contribution >= 4 is 44.7 Å². The summed E-state index contributed by atoms with van der Waals surface area (Å²) in [6.45, 7) is 10.1. The van der Waals surface area contributed by atoms with Crippen LogP contribution in [0.3, 0.4) is 0 Å². The van der Waals surface area contributed by atoms with Crippen molar-refractivity contribution in [1.82, 2.24) is 15.2 Å². The van der Waals surface area contributed by atoms with Crippen molar-refractivity contribution in [2.24, 2.45) is 11.3 Å². The lowest BCUT2D eigenvalue weighted by Gasteiger charge is -2.34. The Hall–Kier alpha value is -3.34. The number of carbonyl (C=O) groups is 3. The van der Waals surface area contributed by atoms with Gasteiger partial charge in [0.25, 0.3) is 0 Å². The van der Waals surface area contributed by atoms with Crippen LogP contribution >= 0.6 is 15.9 Å². The highest BCUT2D eigenvalue weighted by molar-refractivity contribution is 9.10. The quantitative estimate of drug-likeness (QED) is 0.182. The number of methoxy groups -OCH3 is 1. The van der Waals surface area contributed by atoms with Crippen LogP contribution in [0.1, 0.15) is 89.8 Å². The molecule has 48 heavy (non-hydrogen) atoms. The molecule has 0 bridgehead atoms. The highest BCUT2D eigenvalue weighted by Gasteiger charge is 2.46. The number of aromatic nitrogens is 1. The zero-order valence-corrected chi connectivity index (χ0v) is 30.4. The van der Waals surface area contributed by atoms with E-state index in [-0.39, 0.29) is 43.4 Å². The van der Waals surface area contributed by atoms with Crippen LogP contribution in [0.2, 0.25) is 0 Å². The number of allylic oxidation sites excluding steroid dienone is 1. The van der Waals surface area contributed by atoms with Gasteiger partial charge in [-0.2, -0.15) is 0 Å². The molecule has 1 saturated carbocycles. The molecule has 2 fully saturated rings. The summed E-state index contributed by atoms with van der Waals surface area (Å²) >= 11 is 3.63. The van der Waals surface area contributed by atoms with Gasteiger partial charge < -0.3 is 29.2 Å². The lowest BCUT2D eigenvalue weighted by atomic mass is 9.83. The Labute approximate surface area is 292 Å². The number of carbonyl (C=O) groups excluding carboxylic acids is 3. The van der Waals surface area contributed by atoms with Crippen LogP contribution in [-0.4, -0.2) is 72.9 Å². The second-order valence-corrected chi connectivity index (χ2v) is 14.9. The van der Waals surface area contributed by atoms with Gasteiger partial charge in [0.05, 0.1) is 31.3 Å². The second-order valence-electron chi connectivity index (χ2n) is 14.1. The molecule has 2 amide bonds. The number of ether oxygens (including phenoxy) is 4. The number of alkyl carbamates (subject to hydrolysis) is 1. The van der Waals surface area contributed by atoms with Crippen LogP contribution in [0.15, 0.2) is 29.3 Å². The van der Waals surface area contributed by atoms with E-state index in [1.165, 1.54) is 5.56 Å². The van der Waals surface area contributed by atoms with E-state index in [0.29, 0.717) is 12.3 Å². The molecule has 0 unspecified atom stereocenters. The first kappa shape index (κ1) is 36.0. The molecular formula is C37H50BrN3O7. The molecular weight excluding hydrogens is 678 g/mol. The molecule has 3 atom stereocenters. The molecule has 1 aromatic carbocycles. The fraction of sp³-hybridized carbons (Fsp3) is 0.622. The van der Waals surface area contributed by atoms with Crippen LogP contribution < -0.4 is 14.8 Å². The number of nitrogens with one attached hydrogen (secondary N) is 1. The van der Waals surface area contributed by atoms with E-state index in [9.17, 15) is 14.4 Å². The summed E-state index contributed by atoms with van der Waals surface area (Å²) in [6.07, 6.45) is 10.2. The molecule has 1 aliphatic heterocycles. The number of likely N-dealkylation sites (tertiary alicyclic amines) is 1. The Morgan fingerprint density at radius 3 is 2.56 bits per heavy atom. The molecule has 3 aliphatic rings. The smallest absolute Gasteiger partial charge is 0.407 e. The van der Waals surface area contributed by atoms with Gasteiger partial charge in [-0.15, -0.1) is 6.58 Å². The summed E-state index contributed by atoms with van der Waals surface area (Å²) in [5, 5.41) is 4.80. The zero-order valence-electron chi connectivity index (χ0n) is 28.8.